The number of amides is 2. The largest absolute Gasteiger partial charge is 0.337 e. The molecule has 1 aromatic carbocycles. The maximum atomic E-state index is 11.6. The maximum Gasteiger partial charge on any atom is 0.319 e. The van der Waals surface area contributed by atoms with Crippen LogP contribution in [0.1, 0.15) is 11.3 Å². The molecule has 2 rings (SSSR count). The molecule has 4 nitrogen and oxygen atoms in total. The van der Waals surface area contributed by atoms with Crippen LogP contribution in [0, 0.1) is 6.92 Å². The number of carbonyl (C=O) groups excluding carboxylic acids is 1. The molecule has 0 aliphatic heterocycles. The van der Waals surface area contributed by atoms with Crippen LogP contribution < -0.4 is 10.6 Å². The lowest BCUT2D eigenvalue weighted by Gasteiger charge is -2.07. The number of urea groups is 1. The molecule has 4 heteroatoms. The fraction of sp³-hybridized carbons (Fsp3) is 0.200. The average molecular weight is 255 g/mol. The Morgan fingerprint density at radius 3 is 2.63 bits per heavy atom. The van der Waals surface area contributed by atoms with Crippen LogP contribution in [-0.2, 0) is 6.42 Å². The standard InChI is InChI=1S/C15H17N3O/c1-12-5-7-14(8-6-12)18-15(19)17-11-9-13-4-2-3-10-16-13/h2-8,10H,9,11H2,1H3,(H2,17,18,19). The quantitative estimate of drug-likeness (QED) is 0.882. The van der Waals surface area contributed by atoms with Gasteiger partial charge in [-0.15, -0.1) is 0 Å². The van der Waals surface area contributed by atoms with Crippen LogP contribution in [0.2, 0.25) is 0 Å². The first-order valence-electron chi connectivity index (χ1n) is 6.25. The van der Waals surface area contributed by atoms with Crippen LogP contribution in [0.3, 0.4) is 0 Å². The minimum absolute atomic E-state index is 0.195. The molecule has 0 bridgehead atoms. The molecule has 0 spiro atoms. The minimum atomic E-state index is -0.195. The summed E-state index contributed by atoms with van der Waals surface area (Å²) in [6.07, 6.45) is 2.48. The van der Waals surface area contributed by atoms with Crippen molar-refractivity contribution < 1.29 is 4.79 Å². The van der Waals surface area contributed by atoms with Crippen molar-refractivity contribution in [3.63, 3.8) is 0 Å². The number of aryl methyl sites for hydroxylation is 1. The Kier molecular flexibility index (Phi) is 4.50. The summed E-state index contributed by atoms with van der Waals surface area (Å²) in [5.74, 6) is 0. The van der Waals surface area contributed by atoms with Crippen molar-refractivity contribution in [3.8, 4) is 0 Å². The van der Waals surface area contributed by atoms with E-state index >= 15 is 0 Å². The van der Waals surface area contributed by atoms with Gasteiger partial charge >= 0.3 is 6.03 Å². The summed E-state index contributed by atoms with van der Waals surface area (Å²) in [6, 6.07) is 13.3. The number of hydrogen-bond acceptors (Lipinski definition) is 2. The number of nitrogens with zero attached hydrogens (tertiary/aromatic N) is 1. The van der Waals surface area contributed by atoms with E-state index in [2.05, 4.69) is 15.6 Å². The number of benzene rings is 1. The highest BCUT2D eigenvalue weighted by Gasteiger charge is 2.01. The van der Waals surface area contributed by atoms with Gasteiger partial charge in [-0.05, 0) is 31.2 Å². The lowest BCUT2D eigenvalue weighted by Crippen LogP contribution is -2.30. The van der Waals surface area contributed by atoms with E-state index in [1.165, 1.54) is 5.56 Å². The van der Waals surface area contributed by atoms with Gasteiger partial charge in [0.15, 0.2) is 0 Å². The molecule has 0 aliphatic rings. The minimum Gasteiger partial charge on any atom is -0.337 e. The summed E-state index contributed by atoms with van der Waals surface area (Å²) >= 11 is 0. The Morgan fingerprint density at radius 1 is 1.16 bits per heavy atom. The van der Waals surface area contributed by atoms with Gasteiger partial charge in [-0.25, -0.2) is 4.79 Å². The molecule has 1 heterocycles. The molecular formula is C15H17N3O. The molecule has 19 heavy (non-hydrogen) atoms. The smallest absolute Gasteiger partial charge is 0.319 e. The van der Waals surface area contributed by atoms with Crippen molar-refractivity contribution in [2.24, 2.45) is 0 Å². The lowest BCUT2D eigenvalue weighted by atomic mass is 10.2. The topological polar surface area (TPSA) is 54.0 Å². The zero-order valence-corrected chi connectivity index (χ0v) is 10.9. The van der Waals surface area contributed by atoms with Gasteiger partial charge in [0.1, 0.15) is 0 Å². The van der Waals surface area contributed by atoms with Gasteiger partial charge < -0.3 is 10.6 Å². The predicted octanol–water partition coefficient (Wildman–Crippen LogP) is 2.75. The summed E-state index contributed by atoms with van der Waals surface area (Å²) in [5, 5.41) is 5.59. The molecule has 2 aromatic rings. The summed E-state index contributed by atoms with van der Waals surface area (Å²) in [7, 11) is 0. The van der Waals surface area contributed by atoms with E-state index in [9.17, 15) is 4.79 Å². The zero-order valence-electron chi connectivity index (χ0n) is 10.9. The molecule has 2 amide bonds. The van der Waals surface area contributed by atoms with Gasteiger partial charge in [-0.3, -0.25) is 4.98 Å². The molecule has 0 atom stereocenters. The molecule has 1 aromatic heterocycles. The molecular weight excluding hydrogens is 238 g/mol. The summed E-state index contributed by atoms with van der Waals surface area (Å²) < 4.78 is 0. The van der Waals surface area contributed by atoms with E-state index in [1.54, 1.807) is 6.20 Å². The maximum absolute atomic E-state index is 11.6. The van der Waals surface area contributed by atoms with Crippen molar-refractivity contribution in [2.45, 2.75) is 13.3 Å². The lowest BCUT2D eigenvalue weighted by molar-refractivity contribution is 0.252. The van der Waals surface area contributed by atoms with Crippen LogP contribution in [0.4, 0.5) is 10.5 Å². The molecule has 0 saturated carbocycles. The second kappa shape index (κ2) is 6.54. The predicted molar refractivity (Wildman–Crippen MR) is 76.1 cm³/mol. The second-order valence-electron chi connectivity index (χ2n) is 4.32. The third-order valence-corrected chi connectivity index (χ3v) is 2.70. The number of rotatable bonds is 4. The fourth-order valence-corrected chi connectivity index (χ4v) is 1.66. The van der Waals surface area contributed by atoms with Crippen LogP contribution in [-0.4, -0.2) is 17.6 Å². The number of anilines is 1. The van der Waals surface area contributed by atoms with Crippen LogP contribution in [0.25, 0.3) is 0 Å². The number of pyridine rings is 1. The zero-order chi connectivity index (χ0) is 13.5. The number of aromatic nitrogens is 1. The summed E-state index contributed by atoms with van der Waals surface area (Å²) in [4.78, 5) is 15.8. The van der Waals surface area contributed by atoms with Gasteiger partial charge in [0, 0.05) is 30.5 Å². The van der Waals surface area contributed by atoms with Gasteiger partial charge in [0.05, 0.1) is 0 Å². The Balaban J connectivity index is 1.74. The second-order valence-corrected chi connectivity index (χ2v) is 4.32. The van der Waals surface area contributed by atoms with Crippen LogP contribution in [0.15, 0.2) is 48.7 Å². The highest BCUT2D eigenvalue weighted by atomic mass is 16.2. The van der Waals surface area contributed by atoms with E-state index in [0.717, 1.165) is 17.8 Å². The Morgan fingerprint density at radius 2 is 1.95 bits per heavy atom. The van der Waals surface area contributed by atoms with E-state index < -0.39 is 0 Å². The average Bonchev–Trinajstić information content (AvgIpc) is 2.43. The Hall–Kier alpha value is -2.36. The van der Waals surface area contributed by atoms with Gasteiger partial charge in [0.25, 0.3) is 0 Å². The van der Waals surface area contributed by atoms with Crippen molar-refractivity contribution in [1.29, 1.82) is 0 Å². The third kappa shape index (κ3) is 4.43. The Labute approximate surface area is 112 Å². The normalized spacial score (nSPS) is 9.95. The molecule has 98 valence electrons. The van der Waals surface area contributed by atoms with Crippen molar-refractivity contribution in [3.05, 3.63) is 59.9 Å². The highest BCUT2D eigenvalue weighted by molar-refractivity contribution is 5.89. The van der Waals surface area contributed by atoms with Crippen molar-refractivity contribution >= 4 is 11.7 Å². The van der Waals surface area contributed by atoms with Crippen LogP contribution >= 0.6 is 0 Å². The highest BCUT2D eigenvalue weighted by Crippen LogP contribution is 2.07. The molecule has 0 radical (unpaired) electrons. The summed E-state index contributed by atoms with van der Waals surface area (Å²) in [6.45, 7) is 2.57. The monoisotopic (exact) mass is 255 g/mol. The fourth-order valence-electron chi connectivity index (χ4n) is 1.66. The number of carbonyl (C=O) groups is 1. The SMILES string of the molecule is Cc1ccc(NC(=O)NCCc2ccccn2)cc1. The van der Waals surface area contributed by atoms with Gasteiger partial charge in [-0.2, -0.15) is 0 Å². The summed E-state index contributed by atoms with van der Waals surface area (Å²) in [5.41, 5.74) is 2.93. The first kappa shape index (κ1) is 13.1. The van der Waals surface area contributed by atoms with E-state index in [-0.39, 0.29) is 6.03 Å². The van der Waals surface area contributed by atoms with E-state index in [0.29, 0.717) is 6.54 Å². The molecule has 0 unspecified atom stereocenters. The van der Waals surface area contributed by atoms with Crippen molar-refractivity contribution in [2.75, 3.05) is 11.9 Å². The molecule has 0 fully saturated rings. The molecule has 0 aliphatic carbocycles. The van der Waals surface area contributed by atoms with Gasteiger partial charge in [-0.1, -0.05) is 23.8 Å². The number of nitrogens with one attached hydrogen (secondary N) is 2. The van der Waals surface area contributed by atoms with Gasteiger partial charge in [0.2, 0.25) is 0 Å². The number of hydrogen-bond donors (Lipinski definition) is 2. The Bertz CT molecular complexity index is 523. The van der Waals surface area contributed by atoms with Crippen LogP contribution in [0.5, 0.6) is 0 Å². The molecule has 0 saturated heterocycles. The molecule has 2 N–H and O–H groups in total. The van der Waals surface area contributed by atoms with E-state index in [4.69, 9.17) is 0 Å². The first-order chi connectivity index (χ1) is 9.24. The van der Waals surface area contributed by atoms with E-state index in [1.807, 2.05) is 49.4 Å². The van der Waals surface area contributed by atoms with Crippen molar-refractivity contribution in [1.82, 2.24) is 10.3 Å². The first-order valence-corrected chi connectivity index (χ1v) is 6.25. The third-order valence-electron chi connectivity index (χ3n) is 2.70.